The van der Waals surface area contributed by atoms with Gasteiger partial charge in [0.15, 0.2) is 5.76 Å². The highest BCUT2D eigenvalue weighted by atomic mass is 35.5. The first-order valence-corrected chi connectivity index (χ1v) is 13.3. The number of ether oxygens (including phenoxy) is 1. The van der Waals surface area contributed by atoms with Gasteiger partial charge in [0.2, 0.25) is 5.76 Å². The van der Waals surface area contributed by atoms with Crippen molar-refractivity contribution in [2.24, 2.45) is 0 Å². The number of rotatable bonds is 6. The Hall–Kier alpha value is -3.75. The second-order valence-corrected chi connectivity index (χ2v) is 10.4. The summed E-state index contributed by atoms with van der Waals surface area (Å²) in [7, 11) is 0. The minimum absolute atomic E-state index is 0.0676. The Balaban J connectivity index is 1.35. The zero-order chi connectivity index (χ0) is 27.7. The third kappa shape index (κ3) is 5.40. The van der Waals surface area contributed by atoms with Crippen molar-refractivity contribution in [1.82, 2.24) is 10.1 Å². The van der Waals surface area contributed by atoms with Gasteiger partial charge in [-0.05, 0) is 42.8 Å². The van der Waals surface area contributed by atoms with E-state index in [2.05, 4.69) is 10.1 Å². The minimum Gasteiger partial charge on any atom is -0.457 e. The zero-order valence-electron chi connectivity index (χ0n) is 21.7. The molecular weight excluding hydrogens is 541 g/mol. The Bertz CT molecular complexity index is 1490. The molecular formula is C29H27Cl2N3O5. The molecule has 1 amide bonds. The van der Waals surface area contributed by atoms with E-state index in [1.165, 1.54) is 6.26 Å². The van der Waals surface area contributed by atoms with Gasteiger partial charge in [-0.2, -0.15) is 0 Å². The molecule has 39 heavy (non-hydrogen) atoms. The molecule has 0 spiro atoms. The number of anilines is 1. The number of hydrogen-bond acceptors (Lipinski definition) is 7. The Labute approximate surface area is 236 Å². The molecule has 0 saturated carbocycles. The monoisotopic (exact) mass is 567 g/mol. The van der Waals surface area contributed by atoms with Crippen molar-refractivity contribution in [3.63, 3.8) is 0 Å². The van der Waals surface area contributed by atoms with Gasteiger partial charge in [0.1, 0.15) is 17.0 Å². The van der Waals surface area contributed by atoms with Gasteiger partial charge >= 0.3 is 5.97 Å². The van der Waals surface area contributed by atoms with Crippen LogP contribution in [0, 0.1) is 6.92 Å². The first-order valence-electron chi connectivity index (χ1n) is 12.6. The molecule has 0 radical (unpaired) electrons. The average Bonchev–Trinajstić information content (AvgIpc) is 3.61. The van der Waals surface area contributed by atoms with Gasteiger partial charge in [0, 0.05) is 49.4 Å². The van der Waals surface area contributed by atoms with Gasteiger partial charge in [0.25, 0.3) is 5.91 Å². The second-order valence-electron chi connectivity index (χ2n) is 9.62. The first-order chi connectivity index (χ1) is 18.7. The highest BCUT2D eigenvalue weighted by Crippen LogP contribution is 2.39. The Kier molecular flexibility index (Phi) is 7.68. The van der Waals surface area contributed by atoms with Crippen molar-refractivity contribution in [3.8, 4) is 17.0 Å². The Morgan fingerprint density at radius 1 is 1.00 bits per heavy atom. The van der Waals surface area contributed by atoms with Gasteiger partial charge in [-0.3, -0.25) is 4.79 Å². The molecule has 2 aromatic carbocycles. The maximum atomic E-state index is 13.9. The van der Waals surface area contributed by atoms with E-state index in [-0.39, 0.29) is 17.6 Å². The smallest absolute Gasteiger partial charge is 0.379 e. The number of furan rings is 1. The molecule has 2 aromatic heterocycles. The van der Waals surface area contributed by atoms with E-state index in [1.54, 1.807) is 41.3 Å². The van der Waals surface area contributed by atoms with Crippen LogP contribution < -0.4 is 9.64 Å². The summed E-state index contributed by atoms with van der Waals surface area (Å²) in [5.41, 5.74) is 3.18. The van der Waals surface area contributed by atoms with Crippen molar-refractivity contribution in [2.75, 3.05) is 31.1 Å². The third-order valence-corrected chi connectivity index (χ3v) is 7.31. The number of halogens is 2. The number of benzene rings is 2. The van der Waals surface area contributed by atoms with Crippen LogP contribution in [0.25, 0.3) is 11.3 Å². The molecule has 1 aliphatic heterocycles. The van der Waals surface area contributed by atoms with Crippen LogP contribution in [0.2, 0.25) is 10.0 Å². The van der Waals surface area contributed by atoms with Crippen LogP contribution in [0.3, 0.4) is 0 Å². The van der Waals surface area contributed by atoms with E-state index < -0.39 is 5.97 Å². The zero-order valence-corrected chi connectivity index (χ0v) is 23.3. The maximum absolute atomic E-state index is 13.9. The number of piperazine rings is 1. The van der Waals surface area contributed by atoms with E-state index in [4.69, 9.17) is 36.9 Å². The van der Waals surface area contributed by atoms with Crippen LogP contribution in [0.1, 0.15) is 52.0 Å². The predicted molar refractivity (Wildman–Crippen MR) is 149 cm³/mol. The maximum Gasteiger partial charge on any atom is 0.379 e. The fraction of sp³-hybridized carbons (Fsp3) is 0.276. The molecule has 0 aliphatic carbocycles. The molecule has 1 aliphatic rings. The van der Waals surface area contributed by atoms with E-state index in [0.29, 0.717) is 64.6 Å². The topological polar surface area (TPSA) is 89.0 Å². The summed E-state index contributed by atoms with van der Waals surface area (Å²) in [4.78, 5) is 30.1. The summed E-state index contributed by atoms with van der Waals surface area (Å²) in [6.45, 7) is 8.03. The Morgan fingerprint density at radius 2 is 1.72 bits per heavy atom. The van der Waals surface area contributed by atoms with Crippen LogP contribution >= 0.6 is 23.2 Å². The molecule has 5 rings (SSSR count). The van der Waals surface area contributed by atoms with Gasteiger partial charge < -0.3 is 23.5 Å². The van der Waals surface area contributed by atoms with E-state index in [0.717, 1.165) is 11.3 Å². The summed E-state index contributed by atoms with van der Waals surface area (Å²) >= 11 is 12.9. The number of hydrogen-bond donors (Lipinski definition) is 0. The summed E-state index contributed by atoms with van der Waals surface area (Å²) in [6, 6.07) is 13.8. The lowest BCUT2D eigenvalue weighted by Crippen LogP contribution is -2.49. The molecule has 0 N–H and O–H groups in total. The molecule has 4 aromatic rings. The Morgan fingerprint density at radius 3 is 2.36 bits per heavy atom. The lowest BCUT2D eigenvalue weighted by Gasteiger charge is -2.37. The fourth-order valence-electron chi connectivity index (χ4n) is 4.65. The van der Waals surface area contributed by atoms with Gasteiger partial charge in [0.05, 0.1) is 16.3 Å². The molecule has 10 heteroatoms. The quantitative estimate of drug-likeness (QED) is 0.186. The number of amides is 1. The summed E-state index contributed by atoms with van der Waals surface area (Å²) in [5, 5.41) is 5.01. The lowest BCUT2D eigenvalue weighted by molar-refractivity contribution is 0.0699. The predicted octanol–water partition coefficient (Wildman–Crippen LogP) is 6.85. The molecule has 1 saturated heterocycles. The average molecular weight is 568 g/mol. The van der Waals surface area contributed by atoms with Gasteiger partial charge in [-0.1, -0.05) is 54.3 Å². The van der Waals surface area contributed by atoms with Crippen molar-refractivity contribution < 1.29 is 23.3 Å². The summed E-state index contributed by atoms with van der Waals surface area (Å²) < 4.78 is 16.3. The van der Waals surface area contributed by atoms with Crippen LogP contribution in [0.5, 0.6) is 5.75 Å². The highest BCUT2D eigenvalue weighted by Gasteiger charge is 2.32. The number of aryl methyl sites for hydroxylation is 1. The molecule has 0 bridgehead atoms. The molecule has 202 valence electrons. The van der Waals surface area contributed by atoms with Crippen LogP contribution in [-0.4, -0.2) is 48.1 Å². The molecule has 0 unspecified atom stereocenters. The van der Waals surface area contributed by atoms with Crippen molar-refractivity contribution in [3.05, 3.63) is 87.5 Å². The van der Waals surface area contributed by atoms with Crippen molar-refractivity contribution >= 4 is 40.8 Å². The van der Waals surface area contributed by atoms with Crippen LogP contribution in [0.4, 0.5) is 5.69 Å². The molecule has 0 atom stereocenters. The summed E-state index contributed by atoms with van der Waals surface area (Å²) in [5.74, 6) is 0.245. The number of carbonyl (C=O) groups is 2. The lowest BCUT2D eigenvalue weighted by atomic mass is 9.99. The van der Waals surface area contributed by atoms with Crippen LogP contribution in [0.15, 0.2) is 63.7 Å². The fourth-order valence-corrected chi connectivity index (χ4v) is 5.23. The van der Waals surface area contributed by atoms with Crippen molar-refractivity contribution in [2.45, 2.75) is 26.7 Å². The van der Waals surface area contributed by atoms with E-state index >= 15 is 0 Å². The third-order valence-electron chi connectivity index (χ3n) is 6.68. The largest absolute Gasteiger partial charge is 0.457 e. The molecule has 1 fully saturated rings. The van der Waals surface area contributed by atoms with Crippen LogP contribution in [-0.2, 0) is 0 Å². The number of aromatic nitrogens is 1. The standard InChI is InChI=1S/C29H27Cl2N3O5/c1-17(2)27-25(26(32-39-27)24-20(30)6-4-7-21(24)31)28(35)34-13-11-33(12-14-34)22-16-19(10-9-18(22)3)38-29(36)23-8-5-15-37-23/h4-10,15-17H,11-14H2,1-3H3. The van der Waals surface area contributed by atoms with E-state index in [1.807, 2.05) is 32.9 Å². The number of carbonyl (C=O) groups excluding carboxylic acids is 2. The van der Waals surface area contributed by atoms with Crippen molar-refractivity contribution in [1.29, 1.82) is 0 Å². The first kappa shape index (κ1) is 26.8. The van der Waals surface area contributed by atoms with E-state index in [9.17, 15) is 9.59 Å². The summed E-state index contributed by atoms with van der Waals surface area (Å²) in [6.07, 6.45) is 1.42. The molecule has 8 nitrogen and oxygen atoms in total. The van der Waals surface area contributed by atoms with Gasteiger partial charge in [-0.25, -0.2) is 4.79 Å². The number of esters is 1. The highest BCUT2D eigenvalue weighted by molar-refractivity contribution is 6.39. The second kappa shape index (κ2) is 11.2. The minimum atomic E-state index is -0.561. The SMILES string of the molecule is Cc1ccc(OC(=O)c2ccco2)cc1N1CCN(C(=O)c2c(-c3c(Cl)cccc3Cl)noc2C(C)C)CC1. The number of nitrogens with zero attached hydrogens (tertiary/aromatic N) is 3. The normalized spacial score (nSPS) is 13.7. The molecule has 3 heterocycles. The van der Waals surface area contributed by atoms with Gasteiger partial charge in [-0.15, -0.1) is 0 Å².